The highest BCUT2D eigenvalue weighted by Crippen LogP contribution is 2.27. The van der Waals surface area contributed by atoms with Crippen LogP contribution in [0, 0.1) is 18.3 Å². The van der Waals surface area contributed by atoms with E-state index in [9.17, 15) is 9.59 Å². The Hall–Kier alpha value is -3.13. The van der Waals surface area contributed by atoms with Crippen molar-refractivity contribution >= 4 is 17.6 Å². The lowest BCUT2D eigenvalue weighted by molar-refractivity contribution is -0.123. The minimum atomic E-state index is -0.965. The number of benzene rings is 2. The molecule has 0 aliphatic heterocycles. The zero-order valence-corrected chi connectivity index (χ0v) is 15.4. The summed E-state index contributed by atoms with van der Waals surface area (Å²) >= 11 is 0. The van der Waals surface area contributed by atoms with E-state index in [1.165, 1.54) is 13.0 Å². The van der Waals surface area contributed by atoms with Gasteiger partial charge in [0, 0.05) is 5.69 Å². The fourth-order valence-corrected chi connectivity index (χ4v) is 2.56. The lowest BCUT2D eigenvalue weighted by Crippen LogP contribution is -2.30. The number of esters is 1. The van der Waals surface area contributed by atoms with Gasteiger partial charge in [0.15, 0.2) is 6.10 Å². The van der Waals surface area contributed by atoms with Gasteiger partial charge < -0.3 is 10.1 Å². The van der Waals surface area contributed by atoms with Crippen molar-refractivity contribution < 1.29 is 14.3 Å². The van der Waals surface area contributed by atoms with Gasteiger partial charge in [-0.3, -0.25) is 4.79 Å². The second kappa shape index (κ2) is 8.30. The van der Waals surface area contributed by atoms with E-state index in [4.69, 9.17) is 10.00 Å². The maximum Gasteiger partial charge on any atom is 0.338 e. The fraction of sp³-hybridized carbons (Fsp3) is 0.286. The van der Waals surface area contributed by atoms with E-state index < -0.39 is 18.0 Å². The molecule has 0 aliphatic rings. The molecule has 1 atom stereocenters. The first kappa shape index (κ1) is 19.2. The summed E-state index contributed by atoms with van der Waals surface area (Å²) in [6.45, 7) is 7.55. The number of amides is 1. The van der Waals surface area contributed by atoms with Crippen molar-refractivity contribution in [2.75, 3.05) is 5.32 Å². The van der Waals surface area contributed by atoms with Crippen LogP contribution in [-0.4, -0.2) is 18.0 Å². The molecule has 0 aliphatic carbocycles. The molecule has 5 nitrogen and oxygen atoms in total. The van der Waals surface area contributed by atoms with Gasteiger partial charge in [-0.15, -0.1) is 0 Å². The average Bonchev–Trinajstić information content (AvgIpc) is 2.62. The van der Waals surface area contributed by atoms with Crippen molar-refractivity contribution in [1.29, 1.82) is 5.26 Å². The van der Waals surface area contributed by atoms with Gasteiger partial charge in [-0.1, -0.05) is 38.1 Å². The number of ether oxygens (including phenoxy) is 1. The Kier molecular flexibility index (Phi) is 6.13. The maximum absolute atomic E-state index is 12.5. The number of rotatable bonds is 5. The molecule has 1 unspecified atom stereocenters. The summed E-state index contributed by atoms with van der Waals surface area (Å²) in [7, 11) is 0. The van der Waals surface area contributed by atoms with Crippen LogP contribution in [0.3, 0.4) is 0 Å². The number of aryl methyl sites for hydroxylation is 1. The van der Waals surface area contributed by atoms with Crippen LogP contribution in [0.1, 0.15) is 53.7 Å². The van der Waals surface area contributed by atoms with E-state index >= 15 is 0 Å². The number of hydrogen-bond acceptors (Lipinski definition) is 4. The molecule has 2 rings (SSSR count). The van der Waals surface area contributed by atoms with E-state index in [1.54, 1.807) is 18.2 Å². The third-order valence-electron chi connectivity index (χ3n) is 4.06. The molecular formula is C21H22N2O3. The van der Waals surface area contributed by atoms with Gasteiger partial charge in [0.2, 0.25) is 0 Å². The van der Waals surface area contributed by atoms with Gasteiger partial charge in [-0.2, -0.15) is 5.26 Å². The molecule has 5 heteroatoms. The van der Waals surface area contributed by atoms with Gasteiger partial charge in [0.1, 0.15) is 0 Å². The molecule has 1 amide bonds. The summed E-state index contributed by atoms with van der Waals surface area (Å²) in [4.78, 5) is 24.7. The van der Waals surface area contributed by atoms with Crippen LogP contribution in [-0.2, 0) is 9.53 Å². The first-order valence-corrected chi connectivity index (χ1v) is 8.45. The SMILES string of the molecule is Cc1cccc(C(C)C)c1NC(=O)C(C)OC(=O)c1cccc(C#N)c1. The molecular weight excluding hydrogens is 328 g/mol. The number of carbonyl (C=O) groups excluding carboxylic acids is 2. The molecule has 26 heavy (non-hydrogen) atoms. The molecule has 0 spiro atoms. The normalized spacial score (nSPS) is 11.5. The number of nitrogens with zero attached hydrogens (tertiary/aromatic N) is 1. The molecule has 1 N–H and O–H groups in total. The Bertz CT molecular complexity index is 866. The standard InChI is InChI=1S/C21H22N2O3/c1-13(2)18-10-5-7-14(3)19(18)23-20(24)15(4)26-21(25)17-9-6-8-16(11-17)12-22/h5-11,13,15H,1-4H3,(H,23,24). The minimum Gasteiger partial charge on any atom is -0.449 e. The van der Waals surface area contributed by atoms with Crippen LogP contribution < -0.4 is 5.32 Å². The summed E-state index contributed by atoms with van der Waals surface area (Å²) in [6.07, 6.45) is -0.965. The van der Waals surface area contributed by atoms with Crippen molar-refractivity contribution in [2.24, 2.45) is 0 Å². The van der Waals surface area contributed by atoms with Crippen molar-refractivity contribution in [2.45, 2.75) is 39.7 Å². The van der Waals surface area contributed by atoms with Crippen LogP contribution in [0.5, 0.6) is 0 Å². The molecule has 0 saturated carbocycles. The van der Waals surface area contributed by atoms with E-state index in [0.717, 1.165) is 16.8 Å². The highest BCUT2D eigenvalue weighted by Gasteiger charge is 2.21. The third kappa shape index (κ3) is 4.48. The predicted molar refractivity (Wildman–Crippen MR) is 99.9 cm³/mol. The van der Waals surface area contributed by atoms with Gasteiger partial charge in [-0.25, -0.2) is 4.79 Å². The number of anilines is 1. The van der Waals surface area contributed by atoms with Gasteiger partial charge in [0.25, 0.3) is 5.91 Å². The van der Waals surface area contributed by atoms with Crippen LogP contribution >= 0.6 is 0 Å². The maximum atomic E-state index is 12.5. The molecule has 0 bridgehead atoms. The summed E-state index contributed by atoms with van der Waals surface area (Å²) in [6, 6.07) is 14.0. The highest BCUT2D eigenvalue weighted by molar-refractivity contribution is 5.98. The zero-order valence-electron chi connectivity index (χ0n) is 15.4. The summed E-state index contributed by atoms with van der Waals surface area (Å²) < 4.78 is 5.25. The second-order valence-corrected chi connectivity index (χ2v) is 6.42. The summed E-state index contributed by atoms with van der Waals surface area (Å²) in [5, 5.41) is 11.8. The number of para-hydroxylation sites is 1. The monoisotopic (exact) mass is 350 g/mol. The Labute approximate surface area is 153 Å². The molecule has 0 saturated heterocycles. The topological polar surface area (TPSA) is 79.2 Å². The van der Waals surface area contributed by atoms with E-state index in [0.29, 0.717) is 5.56 Å². The first-order valence-electron chi connectivity index (χ1n) is 8.45. The first-order chi connectivity index (χ1) is 12.3. The van der Waals surface area contributed by atoms with Crippen molar-refractivity contribution in [1.82, 2.24) is 0 Å². The van der Waals surface area contributed by atoms with Gasteiger partial charge in [-0.05, 0) is 49.1 Å². The van der Waals surface area contributed by atoms with Crippen molar-refractivity contribution in [3.05, 3.63) is 64.7 Å². The minimum absolute atomic E-state index is 0.238. The van der Waals surface area contributed by atoms with Crippen LogP contribution in [0.2, 0.25) is 0 Å². The lowest BCUT2D eigenvalue weighted by Gasteiger charge is -2.19. The smallest absolute Gasteiger partial charge is 0.338 e. The van der Waals surface area contributed by atoms with Gasteiger partial charge in [0.05, 0.1) is 17.2 Å². The number of nitrogens with one attached hydrogen (secondary N) is 1. The molecule has 2 aromatic rings. The van der Waals surface area contributed by atoms with Crippen LogP contribution in [0.25, 0.3) is 0 Å². The fourth-order valence-electron chi connectivity index (χ4n) is 2.56. The molecule has 134 valence electrons. The Morgan fingerprint density at radius 2 is 1.81 bits per heavy atom. The van der Waals surface area contributed by atoms with Gasteiger partial charge >= 0.3 is 5.97 Å². The van der Waals surface area contributed by atoms with E-state index in [1.807, 2.05) is 31.2 Å². The number of hydrogen-bond donors (Lipinski definition) is 1. The van der Waals surface area contributed by atoms with E-state index in [-0.39, 0.29) is 11.5 Å². The largest absolute Gasteiger partial charge is 0.449 e. The Morgan fingerprint density at radius 3 is 2.46 bits per heavy atom. The second-order valence-electron chi connectivity index (χ2n) is 6.42. The number of carbonyl (C=O) groups is 2. The molecule has 0 aromatic heterocycles. The number of nitriles is 1. The van der Waals surface area contributed by atoms with Crippen LogP contribution in [0.15, 0.2) is 42.5 Å². The quantitative estimate of drug-likeness (QED) is 0.821. The summed E-state index contributed by atoms with van der Waals surface area (Å²) in [5.41, 5.74) is 3.32. The molecule has 0 radical (unpaired) electrons. The average molecular weight is 350 g/mol. The molecule has 0 fully saturated rings. The van der Waals surface area contributed by atoms with Crippen molar-refractivity contribution in [3.8, 4) is 6.07 Å². The molecule has 0 heterocycles. The Balaban J connectivity index is 2.11. The predicted octanol–water partition coefficient (Wildman–Crippen LogP) is 4.17. The van der Waals surface area contributed by atoms with Crippen molar-refractivity contribution in [3.63, 3.8) is 0 Å². The summed E-state index contributed by atoms with van der Waals surface area (Å²) in [5.74, 6) is -0.790. The van der Waals surface area contributed by atoms with E-state index in [2.05, 4.69) is 19.2 Å². The molecule has 2 aromatic carbocycles. The zero-order chi connectivity index (χ0) is 19.3. The lowest BCUT2D eigenvalue weighted by atomic mass is 9.98. The highest BCUT2D eigenvalue weighted by atomic mass is 16.5. The Morgan fingerprint density at radius 1 is 1.12 bits per heavy atom. The third-order valence-corrected chi connectivity index (χ3v) is 4.06. The van der Waals surface area contributed by atoms with Crippen LogP contribution in [0.4, 0.5) is 5.69 Å².